The average molecular weight is 266 g/mol. The van der Waals surface area contributed by atoms with Crippen LogP contribution in [0.3, 0.4) is 0 Å². The number of carbonyl (C=O) groups is 2. The number of rotatable bonds is 5. The van der Waals surface area contributed by atoms with E-state index in [0.29, 0.717) is 25.2 Å². The third kappa shape index (κ3) is 3.08. The predicted molar refractivity (Wildman–Crippen MR) is 69.4 cm³/mol. The Kier molecular flexibility index (Phi) is 3.73. The van der Waals surface area contributed by atoms with E-state index in [1.807, 2.05) is 0 Å². The first-order valence-electron chi connectivity index (χ1n) is 7.44. The highest BCUT2D eigenvalue weighted by Crippen LogP contribution is 2.34. The van der Waals surface area contributed by atoms with Gasteiger partial charge in [-0.25, -0.2) is 0 Å². The molecule has 0 spiro atoms. The van der Waals surface area contributed by atoms with Crippen LogP contribution in [-0.2, 0) is 14.3 Å². The van der Waals surface area contributed by atoms with Crippen LogP contribution in [0.4, 0.5) is 0 Å². The first-order valence-corrected chi connectivity index (χ1v) is 7.44. The fourth-order valence-electron chi connectivity index (χ4n) is 3.05. The van der Waals surface area contributed by atoms with E-state index in [4.69, 9.17) is 4.74 Å². The molecule has 0 aromatic carbocycles. The van der Waals surface area contributed by atoms with E-state index in [1.54, 1.807) is 4.90 Å². The number of nitrogens with zero attached hydrogens (tertiary/aromatic N) is 1. The summed E-state index contributed by atoms with van der Waals surface area (Å²) < 4.78 is 5.78. The molecule has 0 bridgehead atoms. The molecule has 2 aliphatic carbocycles. The van der Waals surface area contributed by atoms with Crippen LogP contribution >= 0.6 is 0 Å². The minimum absolute atomic E-state index is 0.0302. The molecule has 19 heavy (non-hydrogen) atoms. The summed E-state index contributed by atoms with van der Waals surface area (Å²) in [6.45, 7) is 1.29. The van der Waals surface area contributed by atoms with E-state index >= 15 is 0 Å². The predicted octanol–water partition coefficient (Wildman–Crippen LogP) is 0.683. The summed E-state index contributed by atoms with van der Waals surface area (Å²) in [6.07, 6.45) is 7.26. The van der Waals surface area contributed by atoms with Crippen LogP contribution in [0.15, 0.2) is 0 Å². The van der Waals surface area contributed by atoms with Crippen molar-refractivity contribution < 1.29 is 14.3 Å². The lowest BCUT2D eigenvalue weighted by molar-refractivity contribution is -0.145. The van der Waals surface area contributed by atoms with Gasteiger partial charge in [0, 0.05) is 6.54 Å². The highest BCUT2D eigenvalue weighted by Gasteiger charge is 2.42. The Morgan fingerprint density at radius 2 is 1.89 bits per heavy atom. The number of hydrogen-bond acceptors (Lipinski definition) is 3. The summed E-state index contributed by atoms with van der Waals surface area (Å²) in [7, 11) is 0. The second-order valence-electron chi connectivity index (χ2n) is 5.92. The van der Waals surface area contributed by atoms with Crippen molar-refractivity contribution in [2.24, 2.45) is 5.92 Å². The first-order chi connectivity index (χ1) is 9.24. The summed E-state index contributed by atoms with van der Waals surface area (Å²) in [5.74, 6) is 0.421. The molecule has 0 aromatic heterocycles. The van der Waals surface area contributed by atoms with E-state index in [-0.39, 0.29) is 24.4 Å². The highest BCUT2D eigenvalue weighted by molar-refractivity contribution is 5.95. The zero-order valence-corrected chi connectivity index (χ0v) is 11.3. The highest BCUT2D eigenvalue weighted by atomic mass is 16.5. The maximum absolute atomic E-state index is 12.2. The molecule has 1 heterocycles. The van der Waals surface area contributed by atoms with Crippen molar-refractivity contribution in [3.8, 4) is 0 Å². The fraction of sp³-hybridized carbons (Fsp3) is 0.857. The lowest BCUT2D eigenvalue weighted by Gasteiger charge is -2.32. The van der Waals surface area contributed by atoms with Crippen LogP contribution in [0.2, 0.25) is 0 Å². The van der Waals surface area contributed by atoms with Crippen molar-refractivity contribution in [3.63, 3.8) is 0 Å². The lowest BCUT2D eigenvalue weighted by Crippen LogP contribution is -2.59. The van der Waals surface area contributed by atoms with Gasteiger partial charge in [0.2, 0.25) is 11.8 Å². The van der Waals surface area contributed by atoms with Gasteiger partial charge in [0.15, 0.2) is 0 Å². The maximum Gasteiger partial charge on any atom is 0.245 e. The summed E-state index contributed by atoms with van der Waals surface area (Å²) in [6, 6.07) is -0.271. The third-order valence-electron chi connectivity index (χ3n) is 4.34. The van der Waals surface area contributed by atoms with Gasteiger partial charge in [0.1, 0.15) is 6.04 Å². The molecule has 1 unspecified atom stereocenters. The topological polar surface area (TPSA) is 58.6 Å². The van der Waals surface area contributed by atoms with Crippen LogP contribution in [0, 0.1) is 5.92 Å². The normalized spacial score (nSPS) is 28.8. The van der Waals surface area contributed by atoms with Crippen LogP contribution in [0.25, 0.3) is 0 Å². The first kappa shape index (κ1) is 12.9. The number of hydrogen-bond donors (Lipinski definition) is 1. The van der Waals surface area contributed by atoms with Crippen LogP contribution in [0.5, 0.6) is 0 Å². The number of piperazine rings is 1. The van der Waals surface area contributed by atoms with E-state index in [9.17, 15) is 9.59 Å². The second kappa shape index (κ2) is 5.49. The van der Waals surface area contributed by atoms with Crippen molar-refractivity contribution in [1.82, 2.24) is 10.2 Å². The van der Waals surface area contributed by atoms with Gasteiger partial charge in [-0.05, 0) is 31.6 Å². The number of amides is 2. The Labute approximate surface area is 113 Å². The third-order valence-corrected chi connectivity index (χ3v) is 4.34. The molecule has 1 saturated heterocycles. The molecule has 1 atom stereocenters. The van der Waals surface area contributed by atoms with Crippen LogP contribution in [-0.4, -0.2) is 48.6 Å². The molecule has 2 saturated carbocycles. The molecule has 5 nitrogen and oxygen atoms in total. The zero-order valence-electron chi connectivity index (χ0n) is 11.3. The second-order valence-corrected chi connectivity index (χ2v) is 5.92. The van der Waals surface area contributed by atoms with Crippen molar-refractivity contribution in [2.45, 2.75) is 50.7 Å². The van der Waals surface area contributed by atoms with Gasteiger partial charge < -0.3 is 15.0 Å². The van der Waals surface area contributed by atoms with Gasteiger partial charge in [-0.1, -0.05) is 12.8 Å². The zero-order chi connectivity index (χ0) is 13.2. The molecule has 1 N–H and O–H groups in total. The van der Waals surface area contributed by atoms with E-state index in [0.717, 1.165) is 25.7 Å². The van der Waals surface area contributed by atoms with Crippen molar-refractivity contribution in [2.75, 3.05) is 19.7 Å². The van der Waals surface area contributed by atoms with Gasteiger partial charge in [-0.3, -0.25) is 9.59 Å². The minimum atomic E-state index is -0.271. The Hall–Kier alpha value is -1.10. The number of carbonyl (C=O) groups excluding carboxylic acids is 2. The maximum atomic E-state index is 12.2. The average Bonchev–Trinajstić information content (AvgIpc) is 3.10. The molecule has 0 radical (unpaired) electrons. The Morgan fingerprint density at radius 3 is 2.58 bits per heavy atom. The molecule has 0 aromatic rings. The Morgan fingerprint density at radius 1 is 1.16 bits per heavy atom. The largest absolute Gasteiger partial charge is 0.376 e. The quantitative estimate of drug-likeness (QED) is 0.796. The smallest absolute Gasteiger partial charge is 0.245 e. The monoisotopic (exact) mass is 266 g/mol. The fourth-order valence-corrected chi connectivity index (χ4v) is 3.05. The van der Waals surface area contributed by atoms with Gasteiger partial charge in [-0.2, -0.15) is 0 Å². The summed E-state index contributed by atoms with van der Waals surface area (Å²) in [5, 5.41) is 2.82. The summed E-state index contributed by atoms with van der Waals surface area (Å²) >= 11 is 0. The molecule has 5 heteroatoms. The van der Waals surface area contributed by atoms with Gasteiger partial charge in [-0.15, -0.1) is 0 Å². The molecule has 3 rings (SSSR count). The Bertz CT molecular complexity index is 362. The SMILES string of the molecule is O=C1CN(CCOC2CCCC2)C(=O)C(C2CC2)N1. The summed E-state index contributed by atoms with van der Waals surface area (Å²) in [4.78, 5) is 25.5. The lowest BCUT2D eigenvalue weighted by atomic mass is 10.1. The van der Waals surface area contributed by atoms with Gasteiger partial charge in [0.05, 0.1) is 19.3 Å². The van der Waals surface area contributed by atoms with E-state index < -0.39 is 0 Å². The van der Waals surface area contributed by atoms with Crippen LogP contribution in [0.1, 0.15) is 38.5 Å². The van der Waals surface area contributed by atoms with Gasteiger partial charge in [0.25, 0.3) is 0 Å². The number of ether oxygens (including phenoxy) is 1. The van der Waals surface area contributed by atoms with Crippen molar-refractivity contribution >= 4 is 11.8 Å². The standard InChI is InChI=1S/C14H22N2O3/c17-12-9-16(7-8-19-11-3-1-2-4-11)14(18)13(15-12)10-5-6-10/h10-11,13H,1-9H2,(H,15,17). The molecular weight excluding hydrogens is 244 g/mol. The molecule has 3 fully saturated rings. The Balaban J connectivity index is 1.48. The number of nitrogens with one attached hydrogen (secondary N) is 1. The van der Waals surface area contributed by atoms with Crippen molar-refractivity contribution in [3.05, 3.63) is 0 Å². The molecule has 1 aliphatic heterocycles. The van der Waals surface area contributed by atoms with Gasteiger partial charge >= 0.3 is 0 Å². The van der Waals surface area contributed by atoms with E-state index in [2.05, 4.69) is 5.32 Å². The molecule has 3 aliphatic rings. The molecule has 106 valence electrons. The minimum Gasteiger partial charge on any atom is -0.376 e. The summed E-state index contributed by atoms with van der Waals surface area (Å²) in [5.41, 5.74) is 0. The van der Waals surface area contributed by atoms with E-state index in [1.165, 1.54) is 12.8 Å². The van der Waals surface area contributed by atoms with Crippen molar-refractivity contribution in [1.29, 1.82) is 0 Å². The molecular formula is C14H22N2O3. The van der Waals surface area contributed by atoms with Crippen LogP contribution < -0.4 is 5.32 Å². The molecule has 2 amide bonds.